The van der Waals surface area contributed by atoms with Gasteiger partial charge in [0.1, 0.15) is 11.6 Å². The molecule has 0 saturated carbocycles. The zero-order valence-corrected chi connectivity index (χ0v) is 10.6. The van der Waals surface area contributed by atoms with Gasteiger partial charge in [0.15, 0.2) is 0 Å². The van der Waals surface area contributed by atoms with E-state index in [1.165, 1.54) is 4.88 Å². The van der Waals surface area contributed by atoms with Gasteiger partial charge in [0.2, 0.25) is 0 Å². The Kier molecular flexibility index (Phi) is 4.32. The number of rotatable bonds is 6. The smallest absolute Gasteiger partial charge is 0.128 e. The van der Waals surface area contributed by atoms with Crippen molar-refractivity contribution in [1.29, 1.82) is 0 Å². The summed E-state index contributed by atoms with van der Waals surface area (Å²) in [6.07, 6.45) is 2.97. The predicted octanol–water partition coefficient (Wildman–Crippen LogP) is 2.97. The van der Waals surface area contributed by atoms with E-state index in [1.54, 1.807) is 11.3 Å². The molecule has 2 N–H and O–H groups in total. The second kappa shape index (κ2) is 6.20. The average molecular weight is 248 g/mol. The molecule has 0 radical (unpaired) electrons. The van der Waals surface area contributed by atoms with Crippen molar-refractivity contribution < 1.29 is 0 Å². The lowest BCUT2D eigenvalue weighted by molar-refractivity contribution is 0.968. The lowest BCUT2D eigenvalue weighted by Gasteiger charge is -2.07. The molecule has 2 aromatic rings. The van der Waals surface area contributed by atoms with Gasteiger partial charge in [0.25, 0.3) is 0 Å². The second-order valence-corrected chi connectivity index (χ2v) is 4.63. The lowest BCUT2D eigenvalue weighted by atomic mass is 10.4. The van der Waals surface area contributed by atoms with E-state index in [1.807, 2.05) is 29.9 Å². The summed E-state index contributed by atoms with van der Waals surface area (Å²) in [4.78, 5) is 9.72. The molecule has 5 heteroatoms. The molecule has 0 saturated heterocycles. The van der Waals surface area contributed by atoms with Crippen LogP contribution in [0.5, 0.6) is 0 Å². The normalized spacial score (nSPS) is 10.2. The molecule has 0 unspecified atom stereocenters. The number of nitrogens with one attached hydrogen (secondary N) is 2. The van der Waals surface area contributed by atoms with Crippen LogP contribution in [0.3, 0.4) is 0 Å². The summed E-state index contributed by atoms with van der Waals surface area (Å²) < 4.78 is 0. The van der Waals surface area contributed by atoms with Crippen molar-refractivity contribution in [2.45, 2.75) is 19.9 Å². The van der Waals surface area contributed by atoms with Crippen LogP contribution in [-0.2, 0) is 6.54 Å². The maximum Gasteiger partial charge on any atom is 0.128 e. The molecular weight excluding hydrogens is 232 g/mol. The van der Waals surface area contributed by atoms with Crippen LogP contribution in [0.2, 0.25) is 0 Å². The van der Waals surface area contributed by atoms with Gasteiger partial charge < -0.3 is 10.6 Å². The van der Waals surface area contributed by atoms with Crippen LogP contribution in [0.1, 0.15) is 18.2 Å². The Labute approximate surface area is 105 Å². The standard InChI is InChI=1S/C12H16N4S/c1-2-6-14-11-4-3-5-12(16-11)15-8-10-7-13-9-17-10/h3-5,7,9H,2,6,8H2,1H3,(H2,14,15,16). The first-order chi connectivity index (χ1) is 8.38. The number of thiazole rings is 1. The number of hydrogen-bond acceptors (Lipinski definition) is 5. The van der Waals surface area contributed by atoms with Gasteiger partial charge in [-0.1, -0.05) is 13.0 Å². The summed E-state index contributed by atoms with van der Waals surface area (Å²) >= 11 is 1.64. The summed E-state index contributed by atoms with van der Waals surface area (Å²) in [6, 6.07) is 5.95. The maximum atomic E-state index is 4.47. The molecule has 2 rings (SSSR count). The molecule has 90 valence electrons. The Bertz CT molecular complexity index is 442. The van der Waals surface area contributed by atoms with Crippen LogP contribution in [0.15, 0.2) is 29.9 Å². The van der Waals surface area contributed by atoms with Crippen molar-refractivity contribution in [3.8, 4) is 0 Å². The molecule has 4 nitrogen and oxygen atoms in total. The number of nitrogens with zero attached hydrogens (tertiary/aromatic N) is 2. The van der Waals surface area contributed by atoms with E-state index < -0.39 is 0 Å². The number of anilines is 2. The summed E-state index contributed by atoms with van der Waals surface area (Å²) in [7, 11) is 0. The van der Waals surface area contributed by atoms with Crippen molar-refractivity contribution in [3.63, 3.8) is 0 Å². The molecule has 0 bridgehead atoms. The van der Waals surface area contributed by atoms with Crippen LogP contribution in [0.4, 0.5) is 11.6 Å². The lowest BCUT2D eigenvalue weighted by Crippen LogP contribution is -2.04. The van der Waals surface area contributed by atoms with Crippen molar-refractivity contribution >= 4 is 23.0 Å². The van der Waals surface area contributed by atoms with Crippen molar-refractivity contribution in [3.05, 3.63) is 34.8 Å². The van der Waals surface area contributed by atoms with Gasteiger partial charge in [-0.2, -0.15) is 0 Å². The minimum atomic E-state index is 0.773. The van der Waals surface area contributed by atoms with Crippen molar-refractivity contribution in [2.24, 2.45) is 0 Å². The molecule has 0 fully saturated rings. The number of pyridine rings is 1. The highest BCUT2D eigenvalue weighted by atomic mass is 32.1. The highest BCUT2D eigenvalue weighted by molar-refractivity contribution is 7.09. The summed E-state index contributed by atoms with van der Waals surface area (Å²) in [5.41, 5.74) is 1.84. The highest BCUT2D eigenvalue weighted by Gasteiger charge is 1.98. The first-order valence-electron chi connectivity index (χ1n) is 5.70. The largest absolute Gasteiger partial charge is 0.370 e. The Morgan fingerprint density at radius 3 is 2.76 bits per heavy atom. The summed E-state index contributed by atoms with van der Waals surface area (Å²) in [5, 5.41) is 6.55. The fraction of sp³-hybridized carbons (Fsp3) is 0.333. The van der Waals surface area contributed by atoms with E-state index in [9.17, 15) is 0 Å². The van der Waals surface area contributed by atoms with E-state index in [4.69, 9.17) is 0 Å². The van der Waals surface area contributed by atoms with Gasteiger partial charge in [0, 0.05) is 17.6 Å². The monoisotopic (exact) mass is 248 g/mol. The minimum absolute atomic E-state index is 0.773. The molecule has 0 aliphatic carbocycles. The Balaban J connectivity index is 1.91. The third-order valence-electron chi connectivity index (χ3n) is 2.23. The summed E-state index contributed by atoms with van der Waals surface area (Å²) in [6.45, 7) is 3.86. The molecule has 0 atom stereocenters. The molecule has 17 heavy (non-hydrogen) atoms. The van der Waals surface area contributed by atoms with Gasteiger partial charge in [-0.3, -0.25) is 4.98 Å². The van der Waals surface area contributed by atoms with Crippen LogP contribution < -0.4 is 10.6 Å². The van der Waals surface area contributed by atoms with E-state index >= 15 is 0 Å². The van der Waals surface area contributed by atoms with E-state index in [2.05, 4.69) is 27.5 Å². The Hall–Kier alpha value is -1.62. The fourth-order valence-corrected chi connectivity index (χ4v) is 1.93. The molecule has 0 aliphatic heterocycles. The molecule has 0 aromatic carbocycles. The average Bonchev–Trinajstić information content (AvgIpc) is 2.87. The quantitative estimate of drug-likeness (QED) is 0.825. The Morgan fingerprint density at radius 2 is 2.06 bits per heavy atom. The van der Waals surface area contributed by atoms with E-state index in [-0.39, 0.29) is 0 Å². The molecule has 2 aromatic heterocycles. The highest BCUT2D eigenvalue weighted by Crippen LogP contribution is 2.12. The topological polar surface area (TPSA) is 49.8 Å². The van der Waals surface area contributed by atoms with Crippen LogP contribution in [0.25, 0.3) is 0 Å². The molecule has 0 aliphatic rings. The van der Waals surface area contributed by atoms with Gasteiger partial charge in [-0.25, -0.2) is 4.98 Å². The number of hydrogen-bond donors (Lipinski definition) is 2. The van der Waals surface area contributed by atoms with Gasteiger partial charge in [0.05, 0.1) is 12.1 Å². The minimum Gasteiger partial charge on any atom is -0.370 e. The van der Waals surface area contributed by atoms with Gasteiger partial charge >= 0.3 is 0 Å². The molecule has 0 amide bonds. The third-order valence-corrected chi connectivity index (χ3v) is 3.01. The van der Waals surface area contributed by atoms with Crippen LogP contribution in [0, 0.1) is 0 Å². The maximum absolute atomic E-state index is 4.47. The predicted molar refractivity (Wildman–Crippen MR) is 72.5 cm³/mol. The molecular formula is C12H16N4S. The van der Waals surface area contributed by atoms with E-state index in [0.717, 1.165) is 31.1 Å². The first-order valence-corrected chi connectivity index (χ1v) is 6.58. The van der Waals surface area contributed by atoms with Crippen molar-refractivity contribution in [2.75, 3.05) is 17.2 Å². The Morgan fingerprint density at radius 1 is 1.24 bits per heavy atom. The first kappa shape index (κ1) is 11.9. The number of aromatic nitrogens is 2. The zero-order chi connectivity index (χ0) is 11.9. The fourth-order valence-electron chi connectivity index (χ4n) is 1.39. The summed E-state index contributed by atoms with van der Waals surface area (Å²) in [5.74, 6) is 1.81. The van der Waals surface area contributed by atoms with Crippen LogP contribution in [-0.4, -0.2) is 16.5 Å². The van der Waals surface area contributed by atoms with E-state index in [0.29, 0.717) is 0 Å². The SMILES string of the molecule is CCCNc1cccc(NCc2cncs2)n1. The van der Waals surface area contributed by atoms with Crippen molar-refractivity contribution in [1.82, 2.24) is 9.97 Å². The van der Waals surface area contributed by atoms with Gasteiger partial charge in [-0.05, 0) is 18.6 Å². The van der Waals surface area contributed by atoms with Crippen LogP contribution >= 0.6 is 11.3 Å². The molecule has 0 spiro atoms. The van der Waals surface area contributed by atoms with Gasteiger partial charge in [-0.15, -0.1) is 11.3 Å². The zero-order valence-electron chi connectivity index (χ0n) is 9.81. The molecule has 2 heterocycles. The second-order valence-electron chi connectivity index (χ2n) is 3.66. The third kappa shape index (κ3) is 3.71.